The van der Waals surface area contributed by atoms with Gasteiger partial charge in [-0.05, 0) is 6.42 Å². The summed E-state index contributed by atoms with van der Waals surface area (Å²) in [6.45, 7) is 3.98. The molecule has 0 radical (unpaired) electrons. The molecule has 2 rings (SSSR count). The Kier molecular flexibility index (Phi) is 2.47. The Labute approximate surface area is 94.3 Å². The summed E-state index contributed by atoms with van der Waals surface area (Å²) >= 11 is 0. The van der Waals surface area contributed by atoms with E-state index < -0.39 is 0 Å². The number of carbonyl (C=O) groups excluding carboxylic acids is 1. The number of nitrogens with zero attached hydrogens (tertiary/aromatic N) is 4. The number of hydrogen-bond acceptors (Lipinski definition) is 3. The molecule has 1 amide bonds. The number of carbonyl (C=O) groups is 1. The zero-order valence-electron chi connectivity index (χ0n) is 9.71. The Morgan fingerprint density at radius 3 is 2.81 bits per heavy atom. The molecule has 5 nitrogen and oxygen atoms in total. The quantitative estimate of drug-likeness (QED) is 0.678. The molecule has 0 aliphatic carbocycles. The molecule has 0 saturated heterocycles. The number of amides is 1. The number of quaternary nitrogens is 1. The fourth-order valence-corrected chi connectivity index (χ4v) is 1.79. The van der Waals surface area contributed by atoms with Crippen LogP contribution in [0.4, 0.5) is 4.79 Å². The number of aromatic nitrogens is 2. The maximum Gasteiger partial charge on any atom is 0.439 e. The molecule has 0 fully saturated rings. The lowest BCUT2D eigenvalue weighted by Gasteiger charge is -2.22. The number of allylic oxidation sites excluding steroid dienone is 2. The molecular weight excluding hydrogens is 204 g/mol. The van der Waals surface area contributed by atoms with Crippen LogP contribution in [-0.4, -0.2) is 33.5 Å². The number of rotatable bonds is 1. The van der Waals surface area contributed by atoms with Crippen LogP contribution in [0.3, 0.4) is 0 Å². The van der Waals surface area contributed by atoms with Crippen LogP contribution in [-0.2, 0) is 0 Å². The average Bonchev–Trinajstić information content (AvgIpc) is 2.89. The van der Waals surface area contributed by atoms with E-state index in [4.69, 9.17) is 0 Å². The molecule has 5 heteroatoms. The van der Waals surface area contributed by atoms with Gasteiger partial charge in [0.2, 0.25) is 6.34 Å². The highest BCUT2D eigenvalue weighted by Gasteiger charge is 2.39. The van der Waals surface area contributed by atoms with Crippen LogP contribution in [0.2, 0.25) is 0 Å². The summed E-state index contributed by atoms with van der Waals surface area (Å²) in [6, 6.07) is -0.0674. The van der Waals surface area contributed by atoms with Crippen molar-refractivity contribution in [2.45, 2.75) is 20.3 Å². The van der Waals surface area contributed by atoms with E-state index in [2.05, 4.69) is 9.98 Å². The highest BCUT2D eigenvalue weighted by molar-refractivity contribution is 5.80. The van der Waals surface area contributed by atoms with Gasteiger partial charge in [0, 0.05) is 19.3 Å². The van der Waals surface area contributed by atoms with Gasteiger partial charge in [0.15, 0.2) is 0 Å². The van der Waals surface area contributed by atoms with E-state index in [9.17, 15) is 4.79 Å². The van der Waals surface area contributed by atoms with Gasteiger partial charge in [0.1, 0.15) is 17.7 Å². The Hall–Kier alpha value is -1.75. The summed E-state index contributed by atoms with van der Waals surface area (Å²) in [5, 5.41) is 0. The van der Waals surface area contributed by atoms with E-state index in [0.717, 1.165) is 17.8 Å². The zero-order valence-corrected chi connectivity index (χ0v) is 9.71. The topological polar surface area (TPSA) is 47.2 Å². The Bertz CT molecular complexity index is 472. The van der Waals surface area contributed by atoms with Crippen molar-refractivity contribution >= 4 is 12.4 Å². The lowest BCUT2D eigenvalue weighted by molar-refractivity contribution is -0.681. The Balaban J connectivity index is 2.39. The summed E-state index contributed by atoms with van der Waals surface area (Å²) in [5.74, 6) is 0. The van der Waals surface area contributed by atoms with E-state index in [-0.39, 0.29) is 10.5 Å². The molecule has 1 aromatic heterocycles. The van der Waals surface area contributed by atoms with Gasteiger partial charge in [-0.1, -0.05) is 6.92 Å². The van der Waals surface area contributed by atoms with E-state index >= 15 is 0 Å². The molecule has 2 heterocycles. The molecule has 1 atom stereocenters. The molecule has 1 aliphatic rings. The second-order valence-corrected chi connectivity index (χ2v) is 3.96. The van der Waals surface area contributed by atoms with Crippen LogP contribution < -0.4 is 0 Å². The van der Waals surface area contributed by atoms with Crippen molar-refractivity contribution in [1.82, 2.24) is 9.55 Å². The summed E-state index contributed by atoms with van der Waals surface area (Å²) in [5.41, 5.74) is 1.96. The molecule has 0 N–H and O–H groups in total. The van der Waals surface area contributed by atoms with Crippen molar-refractivity contribution < 1.29 is 9.28 Å². The predicted molar refractivity (Wildman–Crippen MR) is 60.7 cm³/mol. The highest BCUT2D eigenvalue weighted by Crippen LogP contribution is 2.26. The first kappa shape index (κ1) is 10.8. The van der Waals surface area contributed by atoms with Crippen molar-refractivity contribution in [2.24, 2.45) is 4.99 Å². The van der Waals surface area contributed by atoms with Crippen LogP contribution in [0.1, 0.15) is 20.3 Å². The molecule has 1 aromatic rings. The number of imidazole rings is 1. The minimum atomic E-state index is -0.0674. The monoisotopic (exact) mass is 219 g/mol. The van der Waals surface area contributed by atoms with Gasteiger partial charge < -0.3 is 0 Å². The average molecular weight is 219 g/mol. The SMILES string of the molecule is CCC1=C(C)[N+](C)(C(=O)n2ccnc2)C=N1. The van der Waals surface area contributed by atoms with Crippen LogP contribution in [0.15, 0.2) is 35.1 Å². The standard InChI is InChI=1S/C11H15N4O/c1-4-10-9(2)15(3,8-13-10)11(16)14-6-5-12-7-14/h5-8H,4H2,1-3H3/q+1. The van der Waals surface area contributed by atoms with Crippen molar-refractivity contribution in [3.05, 3.63) is 30.1 Å². The first-order chi connectivity index (χ1) is 7.59. The Morgan fingerprint density at radius 1 is 1.56 bits per heavy atom. The van der Waals surface area contributed by atoms with E-state index in [1.807, 2.05) is 20.9 Å². The molecule has 0 bridgehead atoms. The largest absolute Gasteiger partial charge is 0.439 e. The van der Waals surface area contributed by atoms with Gasteiger partial charge in [0.05, 0.1) is 7.05 Å². The molecular formula is C11H15N4O+. The van der Waals surface area contributed by atoms with Crippen LogP contribution >= 0.6 is 0 Å². The van der Waals surface area contributed by atoms with Crippen molar-refractivity contribution in [3.8, 4) is 0 Å². The normalized spacial score (nSPS) is 24.2. The predicted octanol–water partition coefficient (Wildman–Crippen LogP) is 1.98. The van der Waals surface area contributed by atoms with Crippen molar-refractivity contribution in [2.75, 3.05) is 7.05 Å². The van der Waals surface area contributed by atoms with Crippen molar-refractivity contribution in [1.29, 1.82) is 0 Å². The fourth-order valence-electron chi connectivity index (χ4n) is 1.79. The third-order valence-electron chi connectivity index (χ3n) is 3.02. The minimum absolute atomic E-state index is 0.0674. The summed E-state index contributed by atoms with van der Waals surface area (Å²) in [4.78, 5) is 20.4. The highest BCUT2D eigenvalue weighted by atomic mass is 16.2. The third-order valence-corrected chi connectivity index (χ3v) is 3.02. The first-order valence-corrected chi connectivity index (χ1v) is 5.24. The van der Waals surface area contributed by atoms with E-state index in [1.54, 1.807) is 18.7 Å². The van der Waals surface area contributed by atoms with Crippen molar-refractivity contribution in [3.63, 3.8) is 0 Å². The zero-order chi connectivity index (χ0) is 11.8. The smallest absolute Gasteiger partial charge is 0.245 e. The van der Waals surface area contributed by atoms with Crippen LogP contribution in [0.5, 0.6) is 0 Å². The molecule has 0 spiro atoms. The second kappa shape index (κ2) is 3.68. The first-order valence-electron chi connectivity index (χ1n) is 5.24. The van der Waals surface area contributed by atoms with E-state index in [1.165, 1.54) is 10.9 Å². The maximum absolute atomic E-state index is 12.3. The van der Waals surface area contributed by atoms with Gasteiger partial charge >= 0.3 is 6.03 Å². The summed E-state index contributed by atoms with van der Waals surface area (Å²) in [7, 11) is 1.84. The molecule has 0 aromatic carbocycles. The number of aliphatic imine (C=N–C) groups is 1. The molecule has 0 saturated carbocycles. The molecule has 84 valence electrons. The van der Waals surface area contributed by atoms with Gasteiger partial charge in [-0.3, -0.25) is 0 Å². The van der Waals surface area contributed by atoms with Gasteiger partial charge in [-0.2, -0.15) is 4.48 Å². The summed E-state index contributed by atoms with van der Waals surface area (Å²) in [6.07, 6.45) is 7.27. The molecule has 1 unspecified atom stereocenters. The number of hydrogen-bond donors (Lipinski definition) is 0. The van der Waals surface area contributed by atoms with Crippen LogP contribution in [0, 0.1) is 0 Å². The second-order valence-electron chi connectivity index (χ2n) is 3.96. The van der Waals surface area contributed by atoms with E-state index in [0.29, 0.717) is 0 Å². The minimum Gasteiger partial charge on any atom is -0.245 e. The maximum atomic E-state index is 12.3. The Morgan fingerprint density at radius 2 is 2.31 bits per heavy atom. The lowest BCUT2D eigenvalue weighted by Crippen LogP contribution is -2.47. The third kappa shape index (κ3) is 1.40. The van der Waals surface area contributed by atoms with Gasteiger partial charge in [-0.15, -0.1) is 0 Å². The van der Waals surface area contributed by atoms with Gasteiger partial charge in [0.25, 0.3) is 0 Å². The fraction of sp³-hybridized carbons (Fsp3) is 0.364. The van der Waals surface area contributed by atoms with Crippen LogP contribution in [0.25, 0.3) is 0 Å². The summed E-state index contributed by atoms with van der Waals surface area (Å²) < 4.78 is 1.58. The molecule has 16 heavy (non-hydrogen) atoms. The molecule has 1 aliphatic heterocycles. The lowest BCUT2D eigenvalue weighted by atomic mass is 10.2. The van der Waals surface area contributed by atoms with Gasteiger partial charge in [-0.25, -0.2) is 19.3 Å².